The van der Waals surface area contributed by atoms with Gasteiger partial charge in [-0.2, -0.15) is 5.10 Å². The van der Waals surface area contributed by atoms with Gasteiger partial charge >= 0.3 is 0 Å². The zero-order chi connectivity index (χ0) is 19.7. The SMILES string of the molecule is Cc1ccc(Cn2nc(C)c(CCC(=O)NC3CC4CCC(C3)N4)c2C)cc1.Cl. The van der Waals surface area contributed by atoms with Gasteiger partial charge in [0.1, 0.15) is 0 Å². The number of amides is 1. The highest BCUT2D eigenvalue weighted by molar-refractivity contribution is 5.85. The topological polar surface area (TPSA) is 59.0 Å². The van der Waals surface area contributed by atoms with Crippen LogP contribution in [0, 0.1) is 20.8 Å². The molecule has 1 aromatic carbocycles. The number of carbonyl (C=O) groups is 1. The molecule has 2 aliphatic heterocycles. The molecular formula is C23H33ClN4O. The Morgan fingerprint density at radius 3 is 2.45 bits per heavy atom. The summed E-state index contributed by atoms with van der Waals surface area (Å²) in [6, 6.07) is 10.1. The van der Waals surface area contributed by atoms with Crippen molar-refractivity contribution in [3.05, 3.63) is 52.3 Å². The fraction of sp³-hybridized carbons (Fsp3) is 0.565. The Kier molecular flexibility index (Phi) is 7.01. The summed E-state index contributed by atoms with van der Waals surface area (Å²) in [4.78, 5) is 12.5. The lowest BCUT2D eigenvalue weighted by molar-refractivity contribution is -0.122. The number of nitrogens with zero attached hydrogens (tertiary/aromatic N) is 2. The van der Waals surface area contributed by atoms with Gasteiger partial charge in [-0.05, 0) is 64.0 Å². The summed E-state index contributed by atoms with van der Waals surface area (Å²) in [5.41, 5.74) is 5.95. The number of benzene rings is 1. The highest BCUT2D eigenvalue weighted by Crippen LogP contribution is 2.27. The van der Waals surface area contributed by atoms with Gasteiger partial charge in [0.15, 0.2) is 0 Å². The van der Waals surface area contributed by atoms with E-state index in [4.69, 9.17) is 5.10 Å². The first-order valence-electron chi connectivity index (χ1n) is 10.6. The van der Waals surface area contributed by atoms with Crippen molar-refractivity contribution in [2.24, 2.45) is 0 Å². The molecule has 2 aliphatic rings. The summed E-state index contributed by atoms with van der Waals surface area (Å²) in [6.45, 7) is 7.05. The minimum absolute atomic E-state index is 0. The molecular weight excluding hydrogens is 384 g/mol. The molecule has 2 atom stereocenters. The number of hydrogen-bond donors (Lipinski definition) is 2. The summed E-state index contributed by atoms with van der Waals surface area (Å²) in [5.74, 6) is 0.177. The molecule has 2 bridgehead atoms. The molecule has 2 saturated heterocycles. The van der Waals surface area contributed by atoms with Crippen molar-refractivity contribution in [2.75, 3.05) is 0 Å². The molecule has 2 unspecified atom stereocenters. The number of nitrogens with one attached hydrogen (secondary N) is 2. The Morgan fingerprint density at radius 2 is 1.79 bits per heavy atom. The van der Waals surface area contributed by atoms with Gasteiger partial charge < -0.3 is 10.6 Å². The van der Waals surface area contributed by atoms with Crippen LogP contribution in [0.5, 0.6) is 0 Å². The number of halogens is 1. The van der Waals surface area contributed by atoms with E-state index in [9.17, 15) is 4.79 Å². The minimum atomic E-state index is 0. The fourth-order valence-corrected chi connectivity index (χ4v) is 4.83. The van der Waals surface area contributed by atoms with Crippen LogP contribution in [-0.4, -0.2) is 33.8 Å². The number of piperidine rings is 1. The molecule has 0 aliphatic carbocycles. The second-order valence-corrected chi connectivity index (χ2v) is 8.67. The van der Waals surface area contributed by atoms with Crippen molar-refractivity contribution < 1.29 is 4.79 Å². The molecule has 4 rings (SSSR count). The van der Waals surface area contributed by atoms with Gasteiger partial charge in [0.2, 0.25) is 5.91 Å². The van der Waals surface area contributed by atoms with Crippen LogP contribution in [0.25, 0.3) is 0 Å². The maximum atomic E-state index is 12.5. The summed E-state index contributed by atoms with van der Waals surface area (Å²) in [7, 11) is 0. The predicted molar refractivity (Wildman–Crippen MR) is 119 cm³/mol. The molecule has 0 spiro atoms. The number of aromatic nitrogens is 2. The van der Waals surface area contributed by atoms with Crippen LogP contribution < -0.4 is 10.6 Å². The minimum Gasteiger partial charge on any atom is -0.353 e. The molecule has 2 N–H and O–H groups in total. The van der Waals surface area contributed by atoms with E-state index in [1.807, 2.05) is 0 Å². The van der Waals surface area contributed by atoms with Gasteiger partial charge in [-0.25, -0.2) is 0 Å². The van der Waals surface area contributed by atoms with Gasteiger partial charge in [-0.1, -0.05) is 29.8 Å². The van der Waals surface area contributed by atoms with Crippen molar-refractivity contribution >= 4 is 18.3 Å². The molecule has 1 amide bonds. The monoisotopic (exact) mass is 416 g/mol. The molecule has 0 saturated carbocycles. The normalized spacial score (nSPS) is 22.9. The third kappa shape index (κ3) is 5.20. The Labute approximate surface area is 180 Å². The van der Waals surface area contributed by atoms with E-state index in [1.165, 1.54) is 35.2 Å². The van der Waals surface area contributed by atoms with Crippen molar-refractivity contribution in [3.63, 3.8) is 0 Å². The summed E-state index contributed by atoms with van der Waals surface area (Å²) < 4.78 is 2.07. The average Bonchev–Trinajstić information content (AvgIpc) is 3.13. The van der Waals surface area contributed by atoms with Gasteiger partial charge in [0, 0.05) is 30.2 Å². The lowest BCUT2D eigenvalue weighted by atomic mass is 9.99. The summed E-state index contributed by atoms with van der Waals surface area (Å²) in [5, 5.41) is 11.6. The third-order valence-corrected chi connectivity index (χ3v) is 6.42. The molecule has 2 aromatic rings. The first-order chi connectivity index (χ1) is 13.5. The number of hydrogen-bond acceptors (Lipinski definition) is 3. The van der Waals surface area contributed by atoms with Crippen molar-refractivity contribution in [1.29, 1.82) is 0 Å². The molecule has 2 fully saturated rings. The van der Waals surface area contributed by atoms with Crippen LogP contribution >= 0.6 is 12.4 Å². The quantitative estimate of drug-likeness (QED) is 0.756. The van der Waals surface area contributed by atoms with Crippen LogP contribution in [0.4, 0.5) is 0 Å². The molecule has 1 aromatic heterocycles. The van der Waals surface area contributed by atoms with E-state index >= 15 is 0 Å². The Balaban J connectivity index is 0.00000240. The van der Waals surface area contributed by atoms with E-state index in [1.54, 1.807) is 0 Å². The number of fused-ring (bicyclic) bond motifs is 2. The van der Waals surface area contributed by atoms with E-state index < -0.39 is 0 Å². The number of rotatable bonds is 6. The highest BCUT2D eigenvalue weighted by atomic mass is 35.5. The molecule has 29 heavy (non-hydrogen) atoms. The van der Waals surface area contributed by atoms with Gasteiger partial charge in [0.05, 0.1) is 12.2 Å². The second-order valence-electron chi connectivity index (χ2n) is 8.67. The van der Waals surface area contributed by atoms with Crippen molar-refractivity contribution in [2.45, 2.75) is 84.0 Å². The zero-order valence-corrected chi connectivity index (χ0v) is 18.5. The van der Waals surface area contributed by atoms with E-state index in [0.717, 1.165) is 31.5 Å². The third-order valence-electron chi connectivity index (χ3n) is 6.42. The predicted octanol–water partition coefficient (Wildman–Crippen LogP) is 3.61. The molecule has 3 heterocycles. The largest absolute Gasteiger partial charge is 0.353 e. The maximum Gasteiger partial charge on any atom is 0.220 e. The first-order valence-corrected chi connectivity index (χ1v) is 10.6. The second kappa shape index (κ2) is 9.31. The van der Waals surface area contributed by atoms with Gasteiger partial charge in [-0.3, -0.25) is 9.48 Å². The Hall–Kier alpha value is -1.85. The Morgan fingerprint density at radius 1 is 1.14 bits per heavy atom. The molecule has 158 valence electrons. The summed E-state index contributed by atoms with van der Waals surface area (Å²) in [6.07, 6.45) is 5.97. The maximum absolute atomic E-state index is 12.5. The number of aryl methyl sites for hydroxylation is 2. The van der Waals surface area contributed by atoms with Crippen molar-refractivity contribution in [3.8, 4) is 0 Å². The molecule has 5 nitrogen and oxygen atoms in total. The lowest BCUT2D eigenvalue weighted by Crippen LogP contribution is -2.48. The zero-order valence-electron chi connectivity index (χ0n) is 17.7. The van der Waals surface area contributed by atoms with Gasteiger partial charge in [0.25, 0.3) is 0 Å². The fourth-order valence-electron chi connectivity index (χ4n) is 4.83. The van der Waals surface area contributed by atoms with Crippen LogP contribution in [-0.2, 0) is 17.8 Å². The first kappa shape index (κ1) is 21.8. The summed E-state index contributed by atoms with van der Waals surface area (Å²) >= 11 is 0. The van der Waals surface area contributed by atoms with Gasteiger partial charge in [-0.15, -0.1) is 12.4 Å². The van der Waals surface area contributed by atoms with Crippen LogP contribution in [0.3, 0.4) is 0 Å². The highest BCUT2D eigenvalue weighted by Gasteiger charge is 2.33. The smallest absolute Gasteiger partial charge is 0.220 e. The van der Waals surface area contributed by atoms with E-state index in [-0.39, 0.29) is 18.3 Å². The van der Waals surface area contributed by atoms with Crippen LogP contribution in [0.2, 0.25) is 0 Å². The average molecular weight is 417 g/mol. The standard InChI is InChI=1S/C23H32N4O.ClH/c1-15-4-6-18(7-5-15)14-27-17(3)22(16(2)26-27)10-11-23(28)25-21-12-19-8-9-20(13-21)24-19;/h4-7,19-21,24H,8-14H2,1-3H3,(H,25,28);1H. The van der Waals surface area contributed by atoms with Crippen molar-refractivity contribution in [1.82, 2.24) is 20.4 Å². The number of carbonyl (C=O) groups excluding carboxylic acids is 1. The van der Waals surface area contributed by atoms with Crippen LogP contribution in [0.15, 0.2) is 24.3 Å². The molecule has 6 heteroatoms. The van der Waals surface area contributed by atoms with Crippen LogP contribution in [0.1, 0.15) is 60.2 Å². The van der Waals surface area contributed by atoms with E-state index in [2.05, 4.69) is 60.4 Å². The Bertz CT molecular complexity index is 833. The lowest BCUT2D eigenvalue weighted by Gasteiger charge is -2.29. The molecule has 0 radical (unpaired) electrons. The van der Waals surface area contributed by atoms with E-state index in [0.29, 0.717) is 24.5 Å².